The molecule has 0 radical (unpaired) electrons. The zero-order valence-electron chi connectivity index (χ0n) is 19.3. The minimum Gasteiger partial charge on any atom is -0.495 e. The van der Waals surface area contributed by atoms with Gasteiger partial charge >= 0.3 is 5.97 Å². The third-order valence-electron chi connectivity index (χ3n) is 4.80. The van der Waals surface area contributed by atoms with E-state index in [0.29, 0.717) is 17.2 Å². The van der Waals surface area contributed by atoms with E-state index in [9.17, 15) is 18.8 Å². The molecule has 0 unspecified atom stereocenters. The number of rotatable bonds is 10. The van der Waals surface area contributed by atoms with Crippen molar-refractivity contribution in [3.63, 3.8) is 0 Å². The maximum Gasteiger partial charge on any atom is 0.338 e. The van der Waals surface area contributed by atoms with Crippen molar-refractivity contribution in [1.29, 1.82) is 0 Å². The zero-order chi connectivity index (χ0) is 25.2. The molecule has 0 saturated heterocycles. The first-order valence-electron chi connectivity index (χ1n) is 10.7. The number of amides is 2. The summed E-state index contributed by atoms with van der Waals surface area (Å²) in [5.41, 5.74) is 2.38. The first kappa shape index (κ1) is 25.2. The van der Waals surface area contributed by atoms with Gasteiger partial charge in [-0.25, -0.2) is 9.18 Å². The van der Waals surface area contributed by atoms with Gasteiger partial charge in [-0.05, 0) is 60.5 Å². The average Bonchev–Trinajstić information content (AvgIpc) is 2.86. The van der Waals surface area contributed by atoms with Crippen LogP contribution in [-0.4, -0.2) is 38.0 Å². The van der Waals surface area contributed by atoms with Crippen molar-refractivity contribution in [2.24, 2.45) is 0 Å². The van der Waals surface area contributed by atoms with E-state index in [1.54, 1.807) is 36.4 Å². The molecule has 0 aliphatic carbocycles. The first-order valence-corrected chi connectivity index (χ1v) is 10.7. The van der Waals surface area contributed by atoms with Gasteiger partial charge < -0.3 is 24.8 Å². The van der Waals surface area contributed by atoms with Crippen molar-refractivity contribution in [3.8, 4) is 11.5 Å². The number of aryl methyl sites for hydroxylation is 1. The van der Waals surface area contributed by atoms with Gasteiger partial charge in [-0.1, -0.05) is 24.3 Å². The van der Waals surface area contributed by atoms with Gasteiger partial charge in [0.25, 0.3) is 5.91 Å². The van der Waals surface area contributed by atoms with Crippen LogP contribution in [0.4, 0.5) is 10.1 Å². The highest BCUT2D eigenvalue weighted by Gasteiger charge is 2.13. The Morgan fingerprint density at radius 2 is 1.71 bits per heavy atom. The van der Waals surface area contributed by atoms with Gasteiger partial charge in [0.2, 0.25) is 5.91 Å². The summed E-state index contributed by atoms with van der Waals surface area (Å²) >= 11 is 0. The topological polar surface area (TPSA) is 103 Å². The number of hydrogen-bond donors (Lipinski definition) is 2. The summed E-state index contributed by atoms with van der Waals surface area (Å²) in [6.07, 6.45) is 0. The maximum atomic E-state index is 13.0. The van der Waals surface area contributed by atoms with Crippen LogP contribution in [0.15, 0.2) is 66.7 Å². The van der Waals surface area contributed by atoms with Crippen LogP contribution in [0.3, 0.4) is 0 Å². The van der Waals surface area contributed by atoms with Gasteiger partial charge in [-0.2, -0.15) is 0 Å². The molecular weight excluding hydrogens is 455 g/mol. The monoisotopic (exact) mass is 480 g/mol. The van der Waals surface area contributed by atoms with E-state index in [2.05, 4.69) is 10.6 Å². The van der Waals surface area contributed by atoms with E-state index < -0.39 is 24.4 Å². The van der Waals surface area contributed by atoms with E-state index >= 15 is 0 Å². The molecule has 0 fully saturated rings. The van der Waals surface area contributed by atoms with Crippen molar-refractivity contribution in [3.05, 3.63) is 89.2 Å². The molecule has 0 saturated carbocycles. The van der Waals surface area contributed by atoms with Crippen molar-refractivity contribution in [1.82, 2.24) is 5.32 Å². The van der Waals surface area contributed by atoms with Gasteiger partial charge in [-0.3, -0.25) is 9.59 Å². The van der Waals surface area contributed by atoms with E-state index in [-0.39, 0.29) is 24.5 Å². The van der Waals surface area contributed by atoms with E-state index in [0.717, 1.165) is 11.1 Å². The number of nitrogens with one attached hydrogen (secondary N) is 2. The predicted molar refractivity (Wildman–Crippen MR) is 127 cm³/mol. The lowest BCUT2D eigenvalue weighted by Gasteiger charge is -2.12. The molecule has 3 rings (SSSR count). The zero-order valence-corrected chi connectivity index (χ0v) is 19.3. The fourth-order valence-electron chi connectivity index (χ4n) is 3.02. The summed E-state index contributed by atoms with van der Waals surface area (Å²) in [7, 11) is 1.49. The SMILES string of the molecule is COc1ccc(C)cc1NC(=O)CNC(=O)COC(=O)c1cccc(OCc2ccc(F)cc2)c1. The third kappa shape index (κ3) is 7.85. The summed E-state index contributed by atoms with van der Waals surface area (Å²) in [6, 6.07) is 17.5. The second kappa shape index (κ2) is 12.2. The normalized spacial score (nSPS) is 10.3. The maximum absolute atomic E-state index is 13.0. The van der Waals surface area contributed by atoms with Crippen LogP contribution in [-0.2, 0) is 20.9 Å². The molecule has 35 heavy (non-hydrogen) atoms. The number of methoxy groups -OCH3 is 1. The lowest BCUT2D eigenvalue weighted by molar-refractivity contribution is -0.126. The van der Waals surface area contributed by atoms with Gasteiger partial charge in [0.1, 0.15) is 23.9 Å². The van der Waals surface area contributed by atoms with Crippen molar-refractivity contribution >= 4 is 23.5 Å². The second-order valence-electron chi connectivity index (χ2n) is 7.55. The molecule has 0 aliphatic rings. The first-order chi connectivity index (χ1) is 16.8. The summed E-state index contributed by atoms with van der Waals surface area (Å²) in [4.78, 5) is 36.5. The van der Waals surface area contributed by atoms with E-state index in [4.69, 9.17) is 14.2 Å². The molecule has 0 heterocycles. The smallest absolute Gasteiger partial charge is 0.338 e. The Hall–Kier alpha value is -4.40. The molecule has 0 bridgehead atoms. The Bertz CT molecular complexity index is 1200. The molecular formula is C26H25FN2O6. The Kier molecular flexibility index (Phi) is 8.77. The molecule has 2 amide bonds. The van der Waals surface area contributed by atoms with Crippen molar-refractivity contribution < 1.29 is 33.0 Å². The van der Waals surface area contributed by atoms with Gasteiger partial charge in [0.15, 0.2) is 6.61 Å². The highest BCUT2D eigenvalue weighted by atomic mass is 19.1. The fourth-order valence-corrected chi connectivity index (χ4v) is 3.02. The number of benzene rings is 3. The lowest BCUT2D eigenvalue weighted by Crippen LogP contribution is -2.35. The number of esters is 1. The number of carbonyl (C=O) groups excluding carboxylic acids is 3. The quantitative estimate of drug-likeness (QED) is 0.430. The van der Waals surface area contributed by atoms with Crippen LogP contribution in [0, 0.1) is 12.7 Å². The number of anilines is 1. The Morgan fingerprint density at radius 1 is 0.943 bits per heavy atom. The highest BCUT2D eigenvalue weighted by Crippen LogP contribution is 2.25. The summed E-state index contributed by atoms with van der Waals surface area (Å²) in [6.45, 7) is 1.21. The van der Waals surface area contributed by atoms with Crippen LogP contribution in [0.25, 0.3) is 0 Å². The van der Waals surface area contributed by atoms with Gasteiger partial charge in [0, 0.05) is 0 Å². The van der Waals surface area contributed by atoms with E-state index in [1.165, 1.54) is 31.4 Å². The molecule has 0 atom stereocenters. The molecule has 0 spiro atoms. The van der Waals surface area contributed by atoms with Gasteiger partial charge in [-0.15, -0.1) is 0 Å². The van der Waals surface area contributed by atoms with Crippen LogP contribution < -0.4 is 20.1 Å². The van der Waals surface area contributed by atoms with Crippen LogP contribution in [0.5, 0.6) is 11.5 Å². The fraction of sp³-hybridized carbons (Fsp3) is 0.192. The molecule has 182 valence electrons. The largest absolute Gasteiger partial charge is 0.495 e. The highest BCUT2D eigenvalue weighted by molar-refractivity contribution is 5.96. The summed E-state index contributed by atoms with van der Waals surface area (Å²) in [5, 5.41) is 5.06. The van der Waals surface area contributed by atoms with Crippen LogP contribution in [0.1, 0.15) is 21.5 Å². The van der Waals surface area contributed by atoms with Gasteiger partial charge in [0.05, 0.1) is 24.9 Å². The Morgan fingerprint density at radius 3 is 2.46 bits per heavy atom. The molecule has 3 aromatic carbocycles. The summed E-state index contributed by atoms with van der Waals surface area (Å²) < 4.78 is 28.8. The standard InChI is InChI=1S/C26H25FN2O6/c1-17-6-11-23(33-2)22(12-17)29-24(30)14-28-25(31)16-35-26(32)19-4-3-5-21(13-19)34-15-18-7-9-20(27)10-8-18/h3-13H,14-16H2,1-2H3,(H,28,31)(H,29,30). The number of hydrogen-bond acceptors (Lipinski definition) is 6. The lowest BCUT2D eigenvalue weighted by atomic mass is 10.2. The number of halogens is 1. The van der Waals surface area contributed by atoms with Crippen molar-refractivity contribution in [2.75, 3.05) is 25.6 Å². The molecule has 2 N–H and O–H groups in total. The predicted octanol–water partition coefficient (Wildman–Crippen LogP) is 3.63. The third-order valence-corrected chi connectivity index (χ3v) is 4.80. The molecule has 9 heteroatoms. The Balaban J connectivity index is 1.44. The molecule has 3 aromatic rings. The molecule has 8 nitrogen and oxygen atoms in total. The van der Waals surface area contributed by atoms with Crippen LogP contribution in [0.2, 0.25) is 0 Å². The minimum absolute atomic E-state index is 0.192. The molecule has 0 aliphatic heterocycles. The minimum atomic E-state index is -0.721. The number of carbonyl (C=O) groups is 3. The molecule has 0 aromatic heterocycles. The average molecular weight is 480 g/mol. The Labute approximate surface area is 202 Å². The van der Waals surface area contributed by atoms with Crippen LogP contribution >= 0.6 is 0 Å². The second-order valence-corrected chi connectivity index (χ2v) is 7.55. The number of ether oxygens (including phenoxy) is 3. The van der Waals surface area contributed by atoms with Crippen molar-refractivity contribution in [2.45, 2.75) is 13.5 Å². The summed E-state index contributed by atoms with van der Waals surface area (Å²) in [5.74, 6) is -1.24. The van der Waals surface area contributed by atoms with E-state index in [1.807, 2.05) is 13.0 Å².